The van der Waals surface area contributed by atoms with E-state index in [0.717, 1.165) is 0 Å². The Hall–Kier alpha value is -1.52. The Kier molecular flexibility index (Phi) is 4.35. The lowest BCUT2D eigenvalue weighted by Gasteiger charge is -2.21. The second-order valence-corrected chi connectivity index (χ2v) is 4.58. The average molecular weight is 300 g/mol. The first kappa shape index (κ1) is 14.9. The summed E-state index contributed by atoms with van der Waals surface area (Å²) in [4.78, 5) is 0. The van der Waals surface area contributed by atoms with Crippen LogP contribution in [0.4, 0.5) is 13.2 Å². The van der Waals surface area contributed by atoms with Crippen LogP contribution in [0.2, 0.25) is 0 Å². The van der Waals surface area contributed by atoms with Gasteiger partial charge in [0.15, 0.2) is 0 Å². The quantitative estimate of drug-likeness (QED) is 0.843. The van der Waals surface area contributed by atoms with Gasteiger partial charge in [-0.3, -0.25) is 0 Å². The van der Waals surface area contributed by atoms with Crippen molar-refractivity contribution in [2.45, 2.75) is 13.0 Å². The maximum Gasteiger partial charge on any atom is 0.133 e. The van der Waals surface area contributed by atoms with E-state index in [1.54, 1.807) is 0 Å². The molecule has 2 aromatic rings. The zero-order valence-electron chi connectivity index (χ0n) is 10.6. The molecule has 0 aliphatic carbocycles. The molecule has 0 amide bonds. The SMILES string of the molecule is Cl.Fc1ccc(-c2c(F)cccc2F)c2c1CCNC2. The Morgan fingerprint density at radius 3 is 2.25 bits per heavy atom. The van der Waals surface area contributed by atoms with Crippen molar-refractivity contribution in [3.63, 3.8) is 0 Å². The molecule has 0 fully saturated rings. The molecule has 1 N–H and O–H groups in total. The minimum Gasteiger partial charge on any atom is -0.312 e. The van der Waals surface area contributed by atoms with Crippen molar-refractivity contribution < 1.29 is 13.2 Å². The molecule has 1 heterocycles. The Balaban J connectivity index is 0.00000147. The first-order chi connectivity index (χ1) is 9.18. The molecule has 0 saturated heterocycles. The predicted octanol–water partition coefficient (Wildman–Crippen LogP) is 3.84. The second kappa shape index (κ2) is 5.85. The van der Waals surface area contributed by atoms with Gasteiger partial charge in [0.05, 0.1) is 5.56 Å². The van der Waals surface area contributed by atoms with E-state index >= 15 is 0 Å². The molecule has 5 heteroatoms. The number of hydrogen-bond acceptors (Lipinski definition) is 1. The summed E-state index contributed by atoms with van der Waals surface area (Å²) in [6.07, 6.45) is 0.533. The summed E-state index contributed by atoms with van der Waals surface area (Å²) < 4.78 is 41.5. The van der Waals surface area contributed by atoms with Crippen LogP contribution < -0.4 is 5.32 Å². The standard InChI is InChI=1S/C15H12F3N.ClH/c16-12-5-4-10(11-8-19-7-6-9(11)12)15-13(17)2-1-3-14(15)18;/h1-5,19H,6-8H2;1H. The molecular formula is C15H13ClF3N. The molecule has 106 valence electrons. The summed E-state index contributed by atoms with van der Waals surface area (Å²) in [5.41, 5.74) is 1.55. The van der Waals surface area contributed by atoms with Gasteiger partial charge in [0.1, 0.15) is 17.5 Å². The van der Waals surface area contributed by atoms with Gasteiger partial charge >= 0.3 is 0 Å². The molecule has 0 radical (unpaired) electrons. The van der Waals surface area contributed by atoms with Gasteiger partial charge in [0.2, 0.25) is 0 Å². The van der Waals surface area contributed by atoms with E-state index in [4.69, 9.17) is 0 Å². The zero-order valence-corrected chi connectivity index (χ0v) is 11.4. The van der Waals surface area contributed by atoms with Crippen molar-refractivity contribution in [1.29, 1.82) is 0 Å². The molecule has 0 atom stereocenters. The van der Waals surface area contributed by atoms with E-state index in [1.165, 1.54) is 30.3 Å². The van der Waals surface area contributed by atoms with Gasteiger partial charge in [0.25, 0.3) is 0 Å². The van der Waals surface area contributed by atoms with Gasteiger partial charge < -0.3 is 5.32 Å². The highest BCUT2D eigenvalue weighted by atomic mass is 35.5. The monoisotopic (exact) mass is 299 g/mol. The van der Waals surface area contributed by atoms with Crippen LogP contribution >= 0.6 is 12.4 Å². The zero-order chi connectivity index (χ0) is 13.4. The maximum absolute atomic E-state index is 13.9. The second-order valence-electron chi connectivity index (χ2n) is 4.58. The summed E-state index contributed by atoms with van der Waals surface area (Å²) in [5.74, 6) is -1.56. The van der Waals surface area contributed by atoms with E-state index in [-0.39, 0.29) is 23.8 Å². The topological polar surface area (TPSA) is 12.0 Å². The lowest BCUT2D eigenvalue weighted by Crippen LogP contribution is -2.25. The summed E-state index contributed by atoms with van der Waals surface area (Å²) >= 11 is 0. The molecular weight excluding hydrogens is 287 g/mol. The molecule has 0 aromatic heterocycles. The third kappa shape index (κ3) is 2.41. The van der Waals surface area contributed by atoms with E-state index in [2.05, 4.69) is 5.32 Å². The van der Waals surface area contributed by atoms with Gasteiger partial charge in [0, 0.05) is 6.54 Å². The summed E-state index contributed by atoms with van der Waals surface area (Å²) in [5, 5.41) is 3.11. The molecule has 0 unspecified atom stereocenters. The van der Waals surface area contributed by atoms with Crippen molar-refractivity contribution in [1.82, 2.24) is 5.32 Å². The van der Waals surface area contributed by atoms with Crippen LogP contribution in [0.3, 0.4) is 0 Å². The maximum atomic E-state index is 13.9. The Morgan fingerprint density at radius 1 is 0.850 bits per heavy atom. The molecule has 0 bridgehead atoms. The number of nitrogens with one attached hydrogen (secondary N) is 1. The summed E-state index contributed by atoms with van der Waals surface area (Å²) in [6, 6.07) is 6.48. The molecule has 1 aliphatic rings. The Labute approximate surface area is 121 Å². The predicted molar refractivity (Wildman–Crippen MR) is 74.4 cm³/mol. The van der Waals surface area contributed by atoms with Gasteiger partial charge in [-0.15, -0.1) is 12.4 Å². The fourth-order valence-electron chi connectivity index (χ4n) is 2.55. The minimum atomic E-state index is -0.626. The largest absolute Gasteiger partial charge is 0.312 e. The fourth-order valence-corrected chi connectivity index (χ4v) is 2.55. The molecule has 0 spiro atoms. The van der Waals surface area contributed by atoms with E-state index < -0.39 is 11.6 Å². The first-order valence-corrected chi connectivity index (χ1v) is 6.14. The van der Waals surface area contributed by atoms with E-state index in [9.17, 15) is 13.2 Å². The van der Waals surface area contributed by atoms with Crippen molar-refractivity contribution in [3.8, 4) is 11.1 Å². The molecule has 0 saturated carbocycles. The van der Waals surface area contributed by atoms with Crippen LogP contribution in [-0.2, 0) is 13.0 Å². The number of benzene rings is 2. The average Bonchev–Trinajstić information content (AvgIpc) is 2.41. The van der Waals surface area contributed by atoms with Crippen molar-refractivity contribution >= 4 is 12.4 Å². The van der Waals surface area contributed by atoms with Crippen LogP contribution in [0.1, 0.15) is 11.1 Å². The number of fused-ring (bicyclic) bond motifs is 1. The van der Waals surface area contributed by atoms with Crippen molar-refractivity contribution in [3.05, 3.63) is 58.9 Å². The Morgan fingerprint density at radius 2 is 1.55 bits per heavy atom. The molecule has 2 aromatic carbocycles. The van der Waals surface area contributed by atoms with Crippen LogP contribution in [-0.4, -0.2) is 6.54 Å². The van der Waals surface area contributed by atoms with Gasteiger partial charge in [-0.1, -0.05) is 12.1 Å². The molecule has 1 aliphatic heterocycles. The van der Waals surface area contributed by atoms with Crippen LogP contribution in [0.25, 0.3) is 11.1 Å². The van der Waals surface area contributed by atoms with Gasteiger partial charge in [-0.25, -0.2) is 13.2 Å². The van der Waals surface area contributed by atoms with E-state index in [0.29, 0.717) is 36.2 Å². The van der Waals surface area contributed by atoms with Gasteiger partial charge in [-0.05, 0) is 47.9 Å². The fraction of sp³-hybridized carbons (Fsp3) is 0.200. The summed E-state index contributed by atoms with van der Waals surface area (Å²) in [6.45, 7) is 1.10. The third-order valence-corrected chi connectivity index (χ3v) is 3.46. The van der Waals surface area contributed by atoms with Crippen LogP contribution in [0.15, 0.2) is 30.3 Å². The number of halogens is 4. The molecule has 3 rings (SSSR count). The molecule has 20 heavy (non-hydrogen) atoms. The van der Waals surface area contributed by atoms with Gasteiger partial charge in [-0.2, -0.15) is 0 Å². The summed E-state index contributed by atoms with van der Waals surface area (Å²) in [7, 11) is 0. The lowest BCUT2D eigenvalue weighted by molar-refractivity contribution is 0.566. The molecule has 1 nitrogen and oxygen atoms in total. The van der Waals surface area contributed by atoms with E-state index in [1.807, 2.05) is 0 Å². The highest BCUT2D eigenvalue weighted by molar-refractivity contribution is 5.85. The van der Waals surface area contributed by atoms with Crippen molar-refractivity contribution in [2.24, 2.45) is 0 Å². The highest BCUT2D eigenvalue weighted by Gasteiger charge is 2.21. The minimum absolute atomic E-state index is 0. The smallest absolute Gasteiger partial charge is 0.133 e. The normalized spacial score (nSPS) is 13.6. The van der Waals surface area contributed by atoms with Crippen LogP contribution in [0.5, 0.6) is 0 Å². The number of hydrogen-bond donors (Lipinski definition) is 1. The van der Waals surface area contributed by atoms with Crippen LogP contribution in [0, 0.1) is 17.5 Å². The number of rotatable bonds is 1. The highest BCUT2D eigenvalue weighted by Crippen LogP contribution is 2.33. The lowest BCUT2D eigenvalue weighted by atomic mass is 9.91. The van der Waals surface area contributed by atoms with Crippen molar-refractivity contribution in [2.75, 3.05) is 6.54 Å². The third-order valence-electron chi connectivity index (χ3n) is 3.46. The first-order valence-electron chi connectivity index (χ1n) is 6.14. The Bertz CT molecular complexity index is 623.